The fourth-order valence-corrected chi connectivity index (χ4v) is 3.53. The fraction of sp³-hybridized carbons (Fsp3) is 0.867. The summed E-state index contributed by atoms with van der Waals surface area (Å²) in [4.78, 5) is 25.9. The van der Waals surface area contributed by atoms with Crippen molar-refractivity contribution in [2.75, 3.05) is 7.11 Å². The topological polar surface area (TPSA) is 46.6 Å². The Morgan fingerprint density at radius 3 is 2.05 bits per heavy atom. The summed E-state index contributed by atoms with van der Waals surface area (Å²) in [5.74, 6) is -0.241. The number of hydrogen-bond donors (Lipinski definition) is 0. The summed E-state index contributed by atoms with van der Waals surface area (Å²) in [6, 6.07) is -0.431. The van der Waals surface area contributed by atoms with Crippen LogP contribution in [0.2, 0.25) is 0 Å². The molecule has 0 bridgehead atoms. The number of likely N-dealkylation sites (tertiary alicyclic amines) is 1. The van der Waals surface area contributed by atoms with Crippen molar-refractivity contribution in [3.05, 3.63) is 0 Å². The zero-order valence-electron chi connectivity index (χ0n) is 13.2. The van der Waals surface area contributed by atoms with Gasteiger partial charge in [-0.1, -0.05) is 41.5 Å². The van der Waals surface area contributed by atoms with Crippen LogP contribution in [0.5, 0.6) is 0 Å². The molecule has 1 aliphatic heterocycles. The molecule has 0 radical (unpaired) electrons. The molecule has 1 heterocycles. The lowest BCUT2D eigenvalue weighted by Crippen LogP contribution is -2.56. The Hall–Kier alpha value is -1.06. The summed E-state index contributed by atoms with van der Waals surface area (Å²) in [5, 5.41) is 0. The highest BCUT2D eigenvalue weighted by Crippen LogP contribution is 2.41. The Labute approximate surface area is 116 Å². The lowest BCUT2D eigenvalue weighted by Gasteiger charge is -2.47. The number of rotatable bonds is 2. The number of carbonyl (C=O) groups excluding carboxylic acids is 2. The molecule has 1 unspecified atom stereocenters. The largest absolute Gasteiger partial charge is 0.467 e. The Morgan fingerprint density at radius 1 is 1.21 bits per heavy atom. The third-order valence-electron chi connectivity index (χ3n) is 3.65. The van der Waals surface area contributed by atoms with E-state index in [1.165, 1.54) is 7.11 Å². The summed E-state index contributed by atoms with van der Waals surface area (Å²) < 4.78 is 4.86. The van der Waals surface area contributed by atoms with Gasteiger partial charge >= 0.3 is 5.97 Å². The third-order valence-corrected chi connectivity index (χ3v) is 3.65. The number of nitrogens with zero attached hydrogens (tertiary/aromatic N) is 1. The van der Waals surface area contributed by atoms with E-state index in [1.54, 1.807) is 4.90 Å². The van der Waals surface area contributed by atoms with Crippen LogP contribution in [0.25, 0.3) is 0 Å². The molecular weight excluding hydrogens is 242 g/mol. The highest BCUT2D eigenvalue weighted by molar-refractivity contribution is 5.88. The average molecular weight is 269 g/mol. The van der Waals surface area contributed by atoms with E-state index >= 15 is 0 Å². The second-order valence-electron chi connectivity index (χ2n) is 7.51. The highest BCUT2D eigenvalue weighted by atomic mass is 16.5. The number of esters is 1. The molecule has 1 aliphatic rings. The highest BCUT2D eigenvalue weighted by Gasteiger charge is 2.48. The number of hydrogen-bond acceptors (Lipinski definition) is 3. The maximum Gasteiger partial charge on any atom is 0.328 e. The Balaban J connectivity index is 3.19. The molecule has 0 N–H and O–H groups in total. The van der Waals surface area contributed by atoms with E-state index in [0.29, 0.717) is 12.8 Å². The van der Waals surface area contributed by atoms with Crippen molar-refractivity contribution in [2.24, 2.45) is 10.8 Å². The molecule has 1 fully saturated rings. The van der Waals surface area contributed by atoms with Gasteiger partial charge in [0.25, 0.3) is 0 Å². The standard InChI is InChI=1S/C15H27NO3/c1-14(2,3)13(15(4,5)6)16-10(12(18)19-7)8-9-11(16)17/h10,13H,8-9H2,1-7H3. The molecule has 4 heteroatoms. The van der Waals surface area contributed by atoms with Gasteiger partial charge in [-0.15, -0.1) is 0 Å². The second kappa shape index (κ2) is 5.14. The summed E-state index contributed by atoms with van der Waals surface area (Å²) >= 11 is 0. The van der Waals surface area contributed by atoms with Crippen LogP contribution in [-0.2, 0) is 14.3 Å². The zero-order valence-corrected chi connectivity index (χ0v) is 13.2. The monoisotopic (exact) mass is 269 g/mol. The molecule has 4 nitrogen and oxygen atoms in total. The first-order valence-corrected chi connectivity index (χ1v) is 6.89. The van der Waals surface area contributed by atoms with Crippen molar-refractivity contribution in [1.29, 1.82) is 0 Å². The SMILES string of the molecule is COC(=O)C1CCC(=O)N1C(C(C)(C)C)C(C)(C)C. The molecule has 0 spiro atoms. The first-order chi connectivity index (χ1) is 8.50. The van der Waals surface area contributed by atoms with E-state index in [9.17, 15) is 9.59 Å². The van der Waals surface area contributed by atoms with Crippen molar-refractivity contribution in [1.82, 2.24) is 4.90 Å². The van der Waals surface area contributed by atoms with E-state index in [4.69, 9.17) is 4.74 Å². The molecule has 0 aliphatic carbocycles. The molecule has 0 saturated carbocycles. The normalized spacial score (nSPS) is 21.2. The van der Waals surface area contributed by atoms with E-state index in [2.05, 4.69) is 41.5 Å². The van der Waals surface area contributed by atoms with Gasteiger partial charge < -0.3 is 9.64 Å². The molecular formula is C15H27NO3. The molecule has 1 amide bonds. The minimum atomic E-state index is -0.430. The van der Waals surface area contributed by atoms with Gasteiger partial charge in [0.2, 0.25) is 5.91 Å². The van der Waals surface area contributed by atoms with Gasteiger partial charge in [-0.25, -0.2) is 4.79 Å². The number of amides is 1. The molecule has 110 valence electrons. The number of ether oxygens (including phenoxy) is 1. The van der Waals surface area contributed by atoms with E-state index in [1.807, 2.05) is 0 Å². The molecule has 0 aromatic carbocycles. The Morgan fingerprint density at radius 2 is 1.68 bits per heavy atom. The first kappa shape index (κ1) is 16.0. The summed E-state index contributed by atoms with van der Waals surface area (Å²) in [5.41, 5.74) is -0.185. The predicted octanol–water partition coefficient (Wildman–Crippen LogP) is 2.61. The van der Waals surface area contributed by atoms with Gasteiger partial charge in [0.05, 0.1) is 7.11 Å². The quantitative estimate of drug-likeness (QED) is 0.724. The van der Waals surface area contributed by atoms with Crippen LogP contribution in [-0.4, -0.2) is 36.0 Å². The summed E-state index contributed by atoms with van der Waals surface area (Å²) in [6.07, 6.45) is 0.997. The summed E-state index contributed by atoms with van der Waals surface area (Å²) in [7, 11) is 1.38. The Kier molecular flexibility index (Phi) is 4.33. The molecule has 0 aromatic heterocycles. The van der Waals surface area contributed by atoms with Crippen LogP contribution >= 0.6 is 0 Å². The van der Waals surface area contributed by atoms with Crippen LogP contribution in [0.4, 0.5) is 0 Å². The minimum absolute atomic E-state index is 0.000833. The van der Waals surface area contributed by atoms with Gasteiger partial charge in [-0.2, -0.15) is 0 Å². The third kappa shape index (κ3) is 3.28. The molecule has 1 saturated heterocycles. The van der Waals surface area contributed by atoms with Gasteiger partial charge in [0, 0.05) is 12.5 Å². The molecule has 19 heavy (non-hydrogen) atoms. The Bertz CT molecular complexity index is 349. The lowest BCUT2D eigenvalue weighted by molar-refractivity contribution is -0.155. The number of methoxy groups -OCH3 is 1. The van der Waals surface area contributed by atoms with Crippen LogP contribution in [0.1, 0.15) is 54.4 Å². The summed E-state index contributed by atoms with van der Waals surface area (Å²) in [6.45, 7) is 12.7. The molecule has 1 atom stereocenters. The predicted molar refractivity (Wildman–Crippen MR) is 74.6 cm³/mol. The van der Waals surface area contributed by atoms with Crippen LogP contribution in [0.15, 0.2) is 0 Å². The maximum atomic E-state index is 12.3. The molecule has 0 aromatic rings. The van der Waals surface area contributed by atoms with Crippen LogP contribution in [0.3, 0.4) is 0 Å². The van der Waals surface area contributed by atoms with Crippen molar-refractivity contribution < 1.29 is 14.3 Å². The van der Waals surface area contributed by atoms with Gasteiger partial charge in [-0.3, -0.25) is 4.79 Å². The van der Waals surface area contributed by atoms with Crippen molar-refractivity contribution >= 4 is 11.9 Å². The van der Waals surface area contributed by atoms with E-state index in [0.717, 1.165) is 0 Å². The first-order valence-electron chi connectivity index (χ1n) is 6.89. The van der Waals surface area contributed by atoms with Gasteiger partial charge in [0.1, 0.15) is 6.04 Å². The van der Waals surface area contributed by atoms with Crippen molar-refractivity contribution in [3.63, 3.8) is 0 Å². The smallest absolute Gasteiger partial charge is 0.328 e. The van der Waals surface area contributed by atoms with E-state index in [-0.39, 0.29) is 28.7 Å². The molecule has 1 rings (SSSR count). The van der Waals surface area contributed by atoms with Crippen LogP contribution < -0.4 is 0 Å². The van der Waals surface area contributed by atoms with Crippen molar-refractivity contribution in [2.45, 2.75) is 66.5 Å². The lowest BCUT2D eigenvalue weighted by atomic mass is 9.71. The second-order valence-corrected chi connectivity index (χ2v) is 7.51. The van der Waals surface area contributed by atoms with Crippen LogP contribution in [0, 0.1) is 10.8 Å². The fourth-order valence-electron chi connectivity index (χ4n) is 3.53. The van der Waals surface area contributed by atoms with E-state index < -0.39 is 6.04 Å². The number of carbonyl (C=O) groups is 2. The zero-order chi connectivity index (χ0) is 15.0. The van der Waals surface area contributed by atoms with Gasteiger partial charge in [-0.05, 0) is 17.3 Å². The average Bonchev–Trinajstić information content (AvgIpc) is 2.56. The van der Waals surface area contributed by atoms with Gasteiger partial charge in [0.15, 0.2) is 0 Å². The maximum absolute atomic E-state index is 12.3. The minimum Gasteiger partial charge on any atom is -0.467 e. The van der Waals surface area contributed by atoms with Crippen molar-refractivity contribution in [3.8, 4) is 0 Å².